The number of nitrogens with two attached hydrogens (primary N) is 1. The number of hydrogen-bond donors (Lipinski definition) is 2. The van der Waals surface area contributed by atoms with Crippen molar-refractivity contribution in [2.75, 3.05) is 16.8 Å². The molecular formula is C16H17IN2OS. The van der Waals surface area contributed by atoms with Crippen molar-refractivity contribution in [3.05, 3.63) is 51.1 Å². The SMILES string of the molecule is Cc1cc(SCC(=O)Nc2ccc(I)cc2C)ccc1N. The van der Waals surface area contributed by atoms with Crippen molar-refractivity contribution in [2.24, 2.45) is 0 Å². The molecule has 0 bridgehead atoms. The second-order valence-electron chi connectivity index (χ2n) is 4.81. The Morgan fingerprint density at radius 3 is 2.62 bits per heavy atom. The first-order chi connectivity index (χ1) is 9.95. The molecule has 0 aliphatic heterocycles. The fourth-order valence-electron chi connectivity index (χ4n) is 1.84. The maximum Gasteiger partial charge on any atom is 0.234 e. The third-order valence-electron chi connectivity index (χ3n) is 3.07. The minimum Gasteiger partial charge on any atom is -0.399 e. The standard InChI is InChI=1S/C16H17IN2OS/c1-10-8-13(4-5-14(10)18)21-9-16(20)19-15-6-3-12(17)7-11(15)2/h3-8H,9,18H2,1-2H3,(H,19,20). The molecule has 3 N–H and O–H groups in total. The molecule has 0 saturated carbocycles. The van der Waals surface area contributed by atoms with Gasteiger partial charge in [-0.25, -0.2) is 0 Å². The molecule has 0 aliphatic rings. The molecular weight excluding hydrogens is 395 g/mol. The number of carbonyl (C=O) groups is 1. The Kier molecular flexibility index (Phi) is 5.52. The maximum absolute atomic E-state index is 12.0. The van der Waals surface area contributed by atoms with Gasteiger partial charge in [-0.15, -0.1) is 11.8 Å². The Labute approximate surface area is 142 Å². The molecule has 2 aromatic carbocycles. The lowest BCUT2D eigenvalue weighted by molar-refractivity contribution is -0.113. The number of hydrogen-bond acceptors (Lipinski definition) is 3. The van der Waals surface area contributed by atoms with Crippen LogP contribution in [0.5, 0.6) is 0 Å². The van der Waals surface area contributed by atoms with Gasteiger partial charge in [-0.3, -0.25) is 4.79 Å². The van der Waals surface area contributed by atoms with Gasteiger partial charge in [0.1, 0.15) is 0 Å². The highest BCUT2D eigenvalue weighted by molar-refractivity contribution is 14.1. The summed E-state index contributed by atoms with van der Waals surface area (Å²) in [6.45, 7) is 3.96. The van der Waals surface area contributed by atoms with Crippen molar-refractivity contribution >= 4 is 51.6 Å². The fourth-order valence-corrected chi connectivity index (χ4v) is 3.28. The number of nitrogen functional groups attached to an aromatic ring is 1. The third kappa shape index (κ3) is 4.64. The van der Waals surface area contributed by atoms with Crippen molar-refractivity contribution < 1.29 is 4.79 Å². The first-order valence-electron chi connectivity index (χ1n) is 6.50. The lowest BCUT2D eigenvalue weighted by Gasteiger charge is -2.09. The van der Waals surface area contributed by atoms with Crippen LogP contribution in [0.3, 0.4) is 0 Å². The molecule has 0 spiro atoms. The van der Waals surface area contributed by atoms with Crippen LogP contribution in [0.15, 0.2) is 41.3 Å². The van der Waals surface area contributed by atoms with Crippen LogP contribution < -0.4 is 11.1 Å². The van der Waals surface area contributed by atoms with E-state index in [1.807, 2.05) is 50.2 Å². The summed E-state index contributed by atoms with van der Waals surface area (Å²) in [6, 6.07) is 11.8. The normalized spacial score (nSPS) is 10.4. The van der Waals surface area contributed by atoms with E-state index in [-0.39, 0.29) is 5.91 Å². The topological polar surface area (TPSA) is 55.1 Å². The molecule has 0 fully saturated rings. The second kappa shape index (κ2) is 7.17. The van der Waals surface area contributed by atoms with Crippen LogP contribution in [0.1, 0.15) is 11.1 Å². The summed E-state index contributed by atoms with van der Waals surface area (Å²) < 4.78 is 1.16. The van der Waals surface area contributed by atoms with Crippen molar-refractivity contribution in [2.45, 2.75) is 18.7 Å². The second-order valence-corrected chi connectivity index (χ2v) is 7.11. The van der Waals surface area contributed by atoms with Crippen LogP contribution in [0.2, 0.25) is 0 Å². The summed E-state index contributed by atoms with van der Waals surface area (Å²) >= 11 is 3.77. The predicted molar refractivity (Wildman–Crippen MR) is 98.8 cm³/mol. The van der Waals surface area contributed by atoms with Gasteiger partial charge in [0.2, 0.25) is 5.91 Å². The van der Waals surface area contributed by atoms with E-state index in [1.54, 1.807) is 0 Å². The van der Waals surface area contributed by atoms with Crippen molar-refractivity contribution in [1.29, 1.82) is 0 Å². The zero-order chi connectivity index (χ0) is 15.4. The summed E-state index contributed by atoms with van der Waals surface area (Å²) in [5, 5.41) is 2.95. The number of nitrogens with one attached hydrogen (secondary N) is 1. The third-order valence-corrected chi connectivity index (χ3v) is 4.74. The van der Waals surface area contributed by atoms with Gasteiger partial charge in [0, 0.05) is 19.8 Å². The van der Waals surface area contributed by atoms with Gasteiger partial charge in [0.05, 0.1) is 5.75 Å². The van der Waals surface area contributed by atoms with E-state index in [4.69, 9.17) is 5.73 Å². The van der Waals surface area contributed by atoms with Crippen LogP contribution in [-0.4, -0.2) is 11.7 Å². The van der Waals surface area contributed by atoms with Crippen LogP contribution >= 0.6 is 34.4 Å². The minimum absolute atomic E-state index is 0.00112. The number of carbonyl (C=O) groups excluding carboxylic acids is 1. The Balaban J connectivity index is 1.94. The number of rotatable bonds is 4. The first-order valence-corrected chi connectivity index (χ1v) is 8.57. The highest BCUT2D eigenvalue weighted by Gasteiger charge is 2.06. The number of thioether (sulfide) groups is 1. The van der Waals surface area contributed by atoms with Crippen molar-refractivity contribution in [3.63, 3.8) is 0 Å². The minimum atomic E-state index is -0.00112. The summed E-state index contributed by atoms with van der Waals surface area (Å²) in [5.41, 5.74) is 9.54. The van der Waals surface area contributed by atoms with E-state index in [0.717, 1.165) is 31.0 Å². The van der Waals surface area contributed by atoms with E-state index in [0.29, 0.717) is 5.75 Å². The average Bonchev–Trinajstić information content (AvgIpc) is 2.43. The Morgan fingerprint density at radius 1 is 1.19 bits per heavy atom. The number of anilines is 2. The van der Waals surface area contributed by atoms with E-state index in [2.05, 4.69) is 27.9 Å². The van der Waals surface area contributed by atoms with Crippen molar-refractivity contribution in [3.8, 4) is 0 Å². The number of benzene rings is 2. The molecule has 110 valence electrons. The van der Waals surface area contributed by atoms with Crippen LogP contribution in [0, 0.1) is 17.4 Å². The average molecular weight is 412 g/mol. The van der Waals surface area contributed by atoms with Gasteiger partial charge in [-0.1, -0.05) is 0 Å². The van der Waals surface area contributed by atoms with Crippen molar-refractivity contribution in [1.82, 2.24) is 0 Å². The highest BCUT2D eigenvalue weighted by Crippen LogP contribution is 2.23. The molecule has 21 heavy (non-hydrogen) atoms. The summed E-state index contributed by atoms with van der Waals surface area (Å²) in [7, 11) is 0. The maximum atomic E-state index is 12.0. The van der Waals surface area contributed by atoms with Gasteiger partial charge in [-0.05, 0) is 84.0 Å². The Hall–Kier alpha value is -1.21. The lowest BCUT2D eigenvalue weighted by atomic mass is 10.2. The highest BCUT2D eigenvalue weighted by atomic mass is 127. The molecule has 0 saturated heterocycles. The van der Waals surface area contributed by atoms with E-state index >= 15 is 0 Å². The monoisotopic (exact) mass is 412 g/mol. The molecule has 0 aromatic heterocycles. The molecule has 0 radical (unpaired) electrons. The zero-order valence-electron chi connectivity index (χ0n) is 11.9. The largest absolute Gasteiger partial charge is 0.399 e. The van der Waals surface area contributed by atoms with Gasteiger partial charge >= 0.3 is 0 Å². The molecule has 1 amide bonds. The molecule has 0 unspecified atom stereocenters. The molecule has 5 heteroatoms. The smallest absolute Gasteiger partial charge is 0.234 e. The van der Waals surface area contributed by atoms with Crippen LogP contribution in [0.4, 0.5) is 11.4 Å². The zero-order valence-corrected chi connectivity index (χ0v) is 14.9. The Morgan fingerprint density at radius 2 is 1.95 bits per heavy atom. The summed E-state index contributed by atoms with van der Waals surface area (Å²) in [6.07, 6.45) is 0. The fraction of sp³-hybridized carbons (Fsp3) is 0.188. The lowest BCUT2D eigenvalue weighted by Crippen LogP contribution is -2.14. The summed E-state index contributed by atoms with van der Waals surface area (Å²) in [5.74, 6) is 0.383. The first kappa shape index (κ1) is 16.2. The van der Waals surface area contributed by atoms with E-state index in [1.165, 1.54) is 11.8 Å². The van der Waals surface area contributed by atoms with E-state index < -0.39 is 0 Å². The predicted octanol–water partition coefficient (Wildman–Crippen LogP) is 4.22. The summed E-state index contributed by atoms with van der Waals surface area (Å²) in [4.78, 5) is 13.1. The van der Waals surface area contributed by atoms with Gasteiger partial charge < -0.3 is 11.1 Å². The van der Waals surface area contributed by atoms with Gasteiger partial charge in [0.15, 0.2) is 0 Å². The number of amides is 1. The van der Waals surface area contributed by atoms with Gasteiger partial charge in [0.25, 0.3) is 0 Å². The molecule has 3 nitrogen and oxygen atoms in total. The molecule has 2 rings (SSSR count). The Bertz CT molecular complexity index is 673. The van der Waals surface area contributed by atoms with Crippen LogP contribution in [-0.2, 0) is 4.79 Å². The van der Waals surface area contributed by atoms with Gasteiger partial charge in [-0.2, -0.15) is 0 Å². The molecule has 0 aliphatic carbocycles. The van der Waals surface area contributed by atoms with Crippen LogP contribution in [0.25, 0.3) is 0 Å². The molecule has 0 atom stereocenters. The van der Waals surface area contributed by atoms with E-state index in [9.17, 15) is 4.79 Å². The molecule has 2 aromatic rings. The number of aryl methyl sites for hydroxylation is 2. The number of halogens is 1. The molecule has 0 heterocycles. The quantitative estimate of drug-likeness (QED) is 0.449.